The second-order valence-corrected chi connectivity index (χ2v) is 6.96. The predicted octanol–water partition coefficient (Wildman–Crippen LogP) is 3.14. The fourth-order valence-corrected chi connectivity index (χ4v) is 4.07. The highest BCUT2D eigenvalue weighted by atomic mass is 32.2. The molecule has 1 saturated heterocycles. The summed E-state index contributed by atoms with van der Waals surface area (Å²) >= 11 is 1.73. The molecule has 0 amide bonds. The van der Waals surface area contributed by atoms with Crippen LogP contribution in [0.3, 0.4) is 0 Å². The Balaban J connectivity index is 1.62. The monoisotopic (exact) mass is 327 g/mol. The molecule has 0 atom stereocenters. The molecule has 0 unspecified atom stereocenters. The molecule has 0 spiro atoms. The number of piperazine rings is 1. The fraction of sp³-hybridized carbons (Fsp3) is 0.412. The maximum atomic E-state index is 4.84. The Bertz CT molecular complexity index is 725. The Morgan fingerprint density at radius 1 is 1.13 bits per heavy atom. The normalized spacial score (nSPS) is 17.4. The molecule has 1 aromatic carbocycles. The summed E-state index contributed by atoms with van der Waals surface area (Å²) < 4.78 is 0. The van der Waals surface area contributed by atoms with Gasteiger partial charge in [-0.1, -0.05) is 30.8 Å². The molecule has 1 N–H and O–H groups in total. The number of rotatable bonds is 2. The van der Waals surface area contributed by atoms with Crippen LogP contribution in [0.5, 0.6) is 0 Å². The lowest BCUT2D eigenvalue weighted by molar-refractivity contribution is 0.269. The van der Waals surface area contributed by atoms with Crippen molar-refractivity contribution in [2.75, 3.05) is 42.9 Å². The van der Waals surface area contributed by atoms with Crippen LogP contribution in [0.2, 0.25) is 0 Å². The molecule has 120 valence electrons. The number of likely N-dealkylation sites (N-methyl/N-ethyl adjacent to an activating group) is 1. The van der Waals surface area contributed by atoms with E-state index in [0.29, 0.717) is 0 Å². The number of para-hydroxylation sites is 1. The molecule has 1 aromatic heterocycles. The van der Waals surface area contributed by atoms with Crippen LogP contribution in [0.4, 0.5) is 17.3 Å². The van der Waals surface area contributed by atoms with Gasteiger partial charge in [-0.3, -0.25) is 0 Å². The Morgan fingerprint density at radius 3 is 2.70 bits per heavy atom. The van der Waals surface area contributed by atoms with Crippen molar-refractivity contribution >= 4 is 29.1 Å². The zero-order valence-electron chi connectivity index (χ0n) is 13.5. The highest BCUT2D eigenvalue weighted by molar-refractivity contribution is 7.99. The smallest absolute Gasteiger partial charge is 0.226 e. The van der Waals surface area contributed by atoms with Gasteiger partial charge in [0.2, 0.25) is 5.95 Å². The first-order valence-corrected chi connectivity index (χ1v) is 8.96. The molecule has 23 heavy (non-hydrogen) atoms. The van der Waals surface area contributed by atoms with Gasteiger partial charge in [-0.05, 0) is 25.6 Å². The number of hydrogen-bond acceptors (Lipinski definition) is 6. The van der Waals surface area contributed by atoms with Gasteiger partial charge in [-0.2, -0.15) is 0 Å². The van der Waals surface area contributed by atoms with E-state index < -0.39 is 0 Å². The van der Waals surface area contributed by atoms with E-state index in [1.54, 1.807) is 11.8 Å². The van der Waals surface area contributed by atoms with E-state index in [2.05, 4.69) is 53.2 Å². The second kappa shape index (κ2) is 6.02. The summed E-state index contributed by atoms with van der Waals surface area (Å²) in [4.78, 5) is 15.6. The van der Waals surface area contributed by atoms with Gasteiger partial charge in [-0.25, -0.2) is 9.97 Å². The molecule has 3 heterocycles. The first-order valence-electron chi connectivity index (χ1n) is 8.14. The van der Waals surface area contributed by atoms with E-state index in [1.165, 1.54) is 4.90 Å². The highest BCUT2D eigenvalue weighted by Gasteiger charge is 2.23. The second-order valence-electron chi connectivity index (χ2n) is 5.93. The fourth-order valence-electron chi connectivity index (χ4n) is 3.05. The van der Waals surface area contributed by atoms with Gasteiger partial charge in [0.25, 0.3) is 0 Å². The number of aromatic nitrogens is 2. The lowest BCUT2D eigenvalue weighted by Gasteiger charge is -2.34. The third-order valence-corrected chi connectivity index (χ3v) is 5.57. The Kier molecular flexibility index (Phi) is 3.87. The van der Waals surface area contributed by atoms with Crippen LogP contribution in [0.1, 0.15) is 12.6 Å². The summed E-state index contributed by atoms with van der Waals surface area (Å²) in [7, 11) is 0. The number of aryl methyl sites for hydroxylation is 1. The summed E-state index contributed by atoms with van der Waals surface area (Å²) in [6.07, 6.45) is 0. The van der Waals surface area contributed by atoms with E-state index in [-0.39, 0.29) is 0 Å². The van der Waals surface area contributed by atoms with E-state index >= 15 is 0 Å². The molecule has 4 rings (SSSR count). The largest absolute Gasteiger partial charge is 0.351 e. The van der Waals surface area contributed by atoms with Crippen LogP contribution < -0.4 is 10.2 Å². The third-order valence-electron chi connectivity index (χ3n) is 4.50. The van der Waals surface area contributed by atoms with Crippen LogP contribution in [-0.4, -0.2) is 47.6 Å². The van der Waals surface area contributed by atoms with Crippen molar-refractivity contribution in [1.82, 2.24) is 14.9 Å². The molecular weight excluding hydrogens is 306 g/mol. The average molecular weight is 327 g/mol. The van der Waals surface area contributed by atoms with Crippen molar-refractivity contribution in [2.45, 2.75) is 23.8 Å². The molecule has 2 aromatic rings. The standard InChI is InChI=1S/C17H21N5S/c1-3-21-8-10-22(11-9-21)17-18-12(2)15-16(20-17)23-14-7-5-4-6-13(14)19-15/h4-7,19H,3,8-11H2,1-2H3. The van der Waals surface area contributed by atoms with Gasteiger partial charge < -0.3 is 15.1 Å². The minimum absolute atomic E-state index is 0.866. The van der Waals surface area contributed by atoms with Crippen LogP contribution in [-0.2, 0) is 0 Å². The quantitative estimate of drug-likeness (QED) is 0.730. The molecule has 2 aliphatic heterocycles. The number of nitrogens with one attached hydrogen (secondary N) is 1. The summed E-state index contributed by atoms with van der Waals surface area (Å²) in [6.45, 7) is 9.58. The topological polar surface area (TPSA) is 44.3 Å². The van der Waals surface area contributed by atoms with Crippen LogP contribution >= 0.6 is 11.8 Å². The Labute approximate surface area is 141 Å². The van der Waals surface area contributed by atoms with E-state index in [1.807, 2.05) is 0 Å². The van der Waals surface area contributed by atoms with Crippen LogP contribution in [0.15, 0.2) is 34.2 Å². The zero-order valence-corrected chi connectivity index (χ0v) is 14.4. The number of nitrogens with zero attached hydrogens (tertiary/aromatic N) is 4. The summed E-state index contributed by atoms with van der Waals surface area (Å²) in [5, 5.41) is 4.51. The maximum Gasteiger partial charge on any atom is 0.226 e. The lowest BCUT2D eigenvalue weighted by atomic mass is 10.2. The van der Waals surface area contributed by atoms with Crippen LogP contribution in [0, 0.1) is 6.92 Å². The number of anilines is 3. The van der Waals surface area contributed by atoms with Crippen molar-refractivity contribution in [2.24, 2.45) is 0 Å². The van der Waals surface area contributed by atoms with Gasteiger partial charge in [-0.15, -0.1) is 0 Å². The van der Waals surface area contributed by atoms with Crippen LogP contribution in [0.25, 0.3) is 0 Å². The van der Waals surface area contributed by atoms with Gasteiger partial charge in [0.1, 0.15) is 5.03 Å². The number of hydrogen-bond donors (Lipinski definition) is 1. The summed E-state index contributed by atoms with van der Waals surface area (Å²) in [5.74, 6) is 0.866. The minimum Gasteiger partial charge on any atom is -0.351 e. The van der Waals surface area contributed by atoms with Gasteiger partial charge >= 0.3 is 0 Å². The molecule has 2 aliphatic rings. The molecular formula is C17H21N5S. The zero-order chi connectivity index (χ0) is 15.8. The first-order chi connectivity index (χ1) is 11.2. The number of fused-ring (bicyclic) bond motifs is 2. The van der Waals surface area contributed by atoms with Crippen molar-refractivity contribution in [1.29, 1.82) is 0 Å². The van der Waals surface area contributed by atoms with E-state index in [0.717, 1.165) is 60.8 Å². The van der Waals surface area contributed by atoms with Gasteiger partial charge in [0, 0.05) is 31.1 Å². The van der Waals surface area contributed by atoms with Gasteiger partial charge in [0.15, 0.2) is 0 Å². The highest BCUT2D eigenvalue weighted by Crippen LogP contribution is 2.44. The Morgan fingerprint density at radius 2 is 1.91 bits per heavy atom. The summed E-state index contributed by atoms with van der Waals surface area (Å²) in [5.41, 5.74) is 3.20. The molecule has 6 heteroatoms. The molecule has 5 nitrogen and oxygen atoms in total. The molecule has 0 saturated carbocycles. The maximum absolute atomic E-state index is 4.84. The lowest BCUT2D eigenvalue weighted by Crippen LogP contribution is -2.46. The minimum atomic E-state index is 0.866. The van der Waals surface area contributed by atoms with Crippen molar-refractivity contribution in [3.63, 3.8) is 0 Å². The van der Waals surface area contributed by atoms with Crippen molar-refractivity contribution < 1.29 is 0 Å². The van der Waals surface area contributed by atoms with Crippen molar-refractivity contribution in [3.05, 3.63) is 30.0 Å². The van der Waals surface area contributed by atoms with Crippen molar-refractivity contribution in [3.8, 4) is 0 Å². The molecule has 0 aliphatic carbocycles. The first kappa shape index (κ1) is 14.8. The summed E-state index contributed by atoms with van der Waals surface area (Å²) in [6, 6.07) is 8.35. The molecule has 0 radical (unpaired) electrons. The molecule has 1 fully saturated rings. The average Bonchev–Trinajstić information content (AvgIpc) is 2.60. The Hall–Kier alpha value is -1.79. The predicted molar refractivity (Wildman–Crippen MR) is 94.9 cm³/mol. The molecule has 0 bridgehead atoms. The van der Waals surface area contributed by atoms with E-state index in [4.69, 9.17) is 9.97 Å². The van der Waals surface area contributed by atoms with E-state index in [9.17, 15) is 0 Å². The third kappa shape index (κ3) is 2.77. The SMILES string of the molecule is CCN1CCN(c2nc(C)c3c(n2)Sc2ccccc2N3)CC1. The number of benzene rings is 1. The van der Waals surface area contributed by atoms with Gasteiger partial charge in [0.05, 0.1) is 17.1 Å².